The molecular formula is C27H30N4O. The van der Waals surface area contributed by atoms with Crippen molar-refractivity contribution in [2.45, 2.75) is 51.4 Å². The Morgan fingerprint density at radius 2 is 1.97 bits per heavy atom. The summed E-state index contributed by atoms with van der Waals surface area (Å²) in [6, 6.07) is 11.8. The summed E-state index contributed by atoms with van der Waals surface area (Å²) in [7, 11) is 0. The molecular weight excluding hydrogens is 396 g/mol. The molecule has 0 radical (unpaired) electrons. The highest BCUT2D eigenvalue weighted by molar-refractivity contribution is 5.93. The lowest BCUT2D eigenvalue weighted by Gasteiger charge is -2.49. The van der Waals surface area contributed by atoms with Crippen molar-refractivity contribution in [3.8, 4) is 0 Å². The zero-order valence-corrected chi connectivity index (χ0v) is 18.5. The molecule has 1 amide bonds. The topological polar surface area (TPSA) is 59.3 Å². The zero-order valence-electron chi connectivity index (χ0n) is 18.5. The molecule has 3 aromatic rings. The van der Waals surface area contributed by atoms with Crippen molar-refractivity contribution in [3.05, 3.63) is 65.9 Å². The number of nitrogens with one attached hydrogen (secondary N) is 1. The second-order valence-corrected chi connectivity index (χ2v) is 11.1. The first-order chi connectivity index (χ1) is 15.6. The summed E-state index contributed by atoms with van der Waals surface area (Å²) in [5.41, 5.74) is 4.60. The molecule has 1 spiro atoms. The number of carbonyl (C=O) groups is 1. The summed E-state index contributed by atoms with van der Waals surface area (Å²) >= 11 is 0. The number of hydrogen-bond donors (Lipinski definition) is 1. The number of pyridine rings is 2. The van der Waals surface area contributed by atoms with E-state index in [1.165, 1.54) is 38.5 Å². The third-order valence-electron chi connectivity index (χ3n) is 9.35. The standard InChI is InChI=1S/C27H30N4O/c32-25(29-17-26-12-18-10-19-11-20(14-26)27(19,13-18)16-26)23-5-3-6-24-30-22(15-31(23)24)8-7-21-4-1-2-9-28-21/h1-6,9,15,18-20H,7-8,10-14,16-17H2,(H,29,32). The lowest BCUT2D eigenvalue weighted by Crippen LogP contribution is -2.43. The second-order valence-electron chi connectivity index (χ2n) is 11.1. The molecule has 5 atom stereocenters. The van der Waals surface area contributed by atoms with E-state index in [-0.39, 0.29) is 5.91 Å². The highest BCUT2D eigenvalue weighted by Gasteiger charge is 2.70. The Kier molecular flexibility index (Phi) is 3.92. The van der Waals surface area contributed by atoms with E-state index in [0.29, 0.717) is 16.5 Å². The Bertz CT molecular complexity index is 1200. The van der Waals surface area contributed by atoms with Gasteiger partial charge in [0.15, 0.2) is 0 Å². The number of nitrogens with zero attached hydrogens (tertiary/aromatic N) is 3. The van der Waals surface area contributed by atoms with Gasteiger partial charge >= 0.3 is 0 Å². The smallest absolute Gasteiger partial charge is 0.268 e. The molecule has 3 heterocycles. The first kappa shape index (κ1) is 18.8. The van der Waals surface area contributed by atoms with E-state index in [1.807, 2.05) is 53.2 Å². The molecule has 3 aromatic heterocycles. The molecule has 7 rings (SSSR count). The van der Waals surface area contributed by atoms with E-state index in [9.17, 15) is 4.79 Å². The average molecular weight is 427 g/mol. The maximum atomic E-state index is 13.3. The molecule has 5 nitrogen and oxygen atoms in total. The van der Waals surface area contributed by atoms with Gasteiger partial charge in [-0.1, -0.05) is 12.1 Å². The Morgan fingerprint density at radius 1 is 1.03 bits per heavy atom. The molecule has 0 saturated heterocycles. The van der Waals surface area contributed by atoms with Crippen LogP contribution in [0.2, 0.25) is 0 Å². The first-order valence-corrected chi connectivity index (χ1v) is 12.3. The molecule has 3 bridgehead atoms. The Balaban J connectivity index is 1.08. The number of hydrogen-bond acceptors (Lipinski definition) is 3. The average Bonchev–Trinajstić information content (AvgIpc) is 3.37. The maximum absolute atomic E-state index is 13.3. The highest BCUT2D eigenvalue weighted by atomic mass is 16.1. The van der Waals surface area contributed by atoms with Crippen molar-refractivity contribution in [1.29, 1.82) is 0 Å². The summed E-state index contributed by atoms with van der Waals surface area (Å²) in [5, 5.41) is 3.35. The van der Waals surface area contributed by atoms with Crippen LogP contribution in [-0.2, 0) is 12.8 Å². The molecule has 4 aliphatic carbocycles. The molecule has 0 aromatic carbocycles. The van der Waals surface area contributed by atoms with E-state index in [1.54, 1.807) is 0 Å². The number of rotatable bonds is 6. The SMILES string of the molecule is O=C(NCC12CC3CC4CC(C1)C4(C3)C2)c1cccc2nc(CCc3ccccn3)cn12. The summed E-state index contributed by atoms with van der Waals surface area (Å²) in [4.78, 5) is 22.4. The lowest BCUT2D eigenvalue weighted by atomic mass is 9.55. The molecule has 1 N–H and O–H groups in total. The van der Waals surface area contributed by atoms with E-state index in [4.69, 9.17) is 4.98 Å². The fraction of sp³-hybridized carbons (Fsp3) is 0.519. The fourth-order valence-corrected chi connectivity index (χ4v) is 8.27. The minimum atomic E-state index is 0.0323. The van der Waals surface area contributed by atoms with Crippen molar-refractivity contribution < 1.29 is 4.79 Å². The van der Waals surface area contributed by atoms with Crippen LogP contribution in [-0.4, -0.2) is 26.8 Å². The van der Waals surface area contributed by atoms with Gasteiger partial charge in [-0.05, 0) is 104 Å². The Hall–Kier alpha value is -2.69. The van der Waals surface area contributed by atoms with E-state index in [2.05, 4.69) is 10.3 Å². The van der Waals surface area contributed by atoms with Crippen LogP contribution in [0.3, 0.4) is 0 Å². The summed E-state index contributed by atoms with van der Waals surface area (Å²) in [6.45, 7) is 0.838. The molecule has 4 aliphatic rings. The maximum Gasteiger partial charge on any atom is 0.268 e. The summed E-state index contributed by atoms with van der Waals surface area (Å²) in [5.74, 6) is 2.89. The van der Waals surface area contributed by atoms with Crippen LogP contribution in [0.25, 0.3) is 5.65 Å². The van der Waals surface area contributed by atoms with Gasteiger partial charge in [0.25, 0.3) is 5.91 Å². The summed E-state index contributed by atoms with van der Waals surface area (Å²) in [6.07, 6.45) is 13.9. The minimum Gasteiger partial charge on any atom is -0.350 e. The molecule has 4 fully saturated rings. The largest absolute Gasteiger partial charge is 0.350 e. The monoisotopic (exact) mass is 426 g/mol. The number of aryl methyl sites for hydroxylation is 2. The number of carbonyl (C=O) groups excluding carboxylic acids is 1. The van der Waals surface area contributed by atoms with Crippen molar-refractivity contribution in [3.63, 3.8) is 0 Å². The van der Waals surface area contributed by atoms with Crippen molar-refractivity contribution >= 4 is 11.6 Å². The third-order valence-corrected chi connectivity index (χ3v) is 9.35. The number of amides is 1. The lowest BCUT2D eigenvalue weighted by molar-refractivity contribution is -0.00254. The second kappa shape index (κ2) is 6.66. The van der Waals surface area contributed by atoms with Crippen LogP contribution in [0.1, 0.15) is 60.4 Å². The molecule has 5 unspecified atom stereocenters. The number of fused-ring (bicyclic) bond motifs is 3. The first-order valence-electron chi connectivity index (χ1n) is 12.3. The van der Waals surface area contributed by atoms with Gasteiger partial charge in [-0.2, -0.15) is 0 Å². The van der Waals surface area contributed by atoms with Crippen molar-refractivity contribution in [1.82, 2.24) is 19.7 Å². The van der Waals surface area contributed by atoms with Crippen molar-refractivity contribution in [2.75, 3.05) is 6.54 Å². The fourth-order valence-electron chi connectivity index (χ4n) is 8.27. The van der Waals surface area contributed by atoms with Gasteiger partial charge in [-0.15, -0.1) is 0 Å². The Morgan fingerprint density at radius 3 is 2.88 bits per heavy atom. The van der Waals surface area contributed by atoms with Gasteiger partial charge in [-0.3, -0.25) is 14.2 Å². The van der Waals surface area contributed by atoms with Crippen LogP contribution in [0.4, 0.5) is 0 Å². The summed E-state index contributed by atoms with van der Waals surface area (Å²) < 4.78 is 1.96. The quantitative estimate of drug-likeness (QED) is 0.633. The van der Waals surface area contributed by atoms with Crippen LogP contribution in [0, 0.1) is 28.6 Å². The molecule has 0 aliphatic heterocycles. The minimum absolute atomic E-state index is 0.0323. The predicted octanol–water partition coefficient (Wildman–Crippen LogP) is 4.46. The van der Waals surface area contributed by atoms with Gasteiger partial charge in [0, 0.05) is 24.6 Å². The molecule has 164 valence electrons. The van der Waals surface area contributed by atoms with E-state index < -0.39 is 0 Å². The van der Waals surface area contributed by atoms with Gasteiger partial charge in [0.05, 0.1) is 5.69 Å². The van der Waals surface area contributed by atoms with Crippen molar-refractivity contribution in [2.24, 2.45) is 28.6 Å². The normalized spacial score (nSPS) is 33.9. The van der Waals surface area contributed by atoms with Gasteiger partial charge in [-0.25, -0.2) is 4.98 Å². The highest BCUT2D eigenvalue weighted by Crippen LogP contribution is 2.78. The van der Waals surface area contributed by atoms with Gasteiger partial charge in [0.1, 0.15) is 11.3 Å². The van der Waals surface area contributed by atoms with Crippen LogP contribution < -0.4 is 5.32 Å². The van der Waals surface area contributed by atoms with Gasteiger partial charge in [0.2, 0.25) is 0 Å². The van der Waals surface area contributed by atoms with Crippen LogP contribution in [0.15, 0.2) is 48.8 Å². The number of aromatic nitrogens is 3. The molecule has 5 heteroatoms. The molecule has 32 heavy (non-hydrogen) atoms. The van der Waals surface area contributed by atoms with E-state index in [0.717, 1.165) is 54.2 Å². The van der Waals surface area contributed by atoms with Gasteiger partial charge < -0.3 is 5.32 Å². The number of imidazole rings is 1. The Labute approximate surface area is 188 Å². The van der Waals surface area contributed by atoms with E-state index >= 15 is 0 Å². The molecule has 4 saturated carbocycles. The zero-order chi connectivity index (χ0) is 21.3. The van der Waals surface area contributed by atoms with Crippen LogP contribution in [0.5, 0.6) is 0 Å². The van der Waals surface area contributed by atoms with Crippen LogP contribution >= 0.6 is 0 Å². The third kappa shape index (κ3) is 2.72. The predicted molar refractivity (Wildman–Crippen MR) is 122 cm³/mol.